The summed E-state index contributed by atoms with van der Waals surface area (Å²) in [5.74, 6) is 0.0916. The molecule has 0 amide bonds. The Balaban J connectivity index is 1.33. The number of hydrogen-bond acceptors (Lipinski definition) is 3. The molecule has 0 spiro atoms. The van der Waals surface area contributed by atoms with Crippen molar-refractivity contribution in [2.75, 3.05) is 20.2 Å². The zero-order valence-corrected chi connectivity index (χ0v) is 23.4. The predicted molar refractivity (Wildman–Crippen MR) is 153 cm³/mol. The van der Waals surface area contributed by atoms with Crippen LogP contribution in [0.15, 0.2) is 84.2 Å². The van der Waals surface area contributed by atoms with Crippen molar-refractivity contribution in [3.8, 4) is 11.1 Å². The summed E-state index contributed by atoms with van der Waals surface area (Å²) in [7, 11) is -1.13. The van der Waals surface area contributed by atoms with E-state index in [0.717, 1.165) is 31.1 Å². The zero-order valence-electron chi connectivity index (χ0n) is 22.5. The number of rotatable bonds is 6. The fraction of sp³-hybridized carbons (Fsp3) is 0.438. The highest BCUT2D eigenvalue weighted by atomic mass is 31.2. The van der Waals surface area contributed by atoms with E-state index in [2.05, 4.69) is 91.4 Å². The first kappa shape index (κ1) is 25.1. The van der Waals surface area contributed by atoms with Crippen LogP contribution in [0.5, 0.6) is 0 Å². The van der Waals surface area contributed by atoms with Crippen LogP contribution < -0.4 is 5.32 Å². The number of fused-ring (bicyclic) bond motifs is 4. The van der Waals surface area contributed by atoms with E-state index in [-0.39, 0.29) is 28.8 Å². The molecule has 1 N–H and O–H groups in total. The molecule has 4 aliphatic rings. The molecule has 1 saturated carbocycles. The van der Waals surface area contributed by atoms with Crippen LogP contribution in [-0.4, -0.2) is 37.0 Å². The molecule has 2 fully saturated rings. The Morgan fingerprint density at radius 2 is 1.65 bits per heavy atom. The third-order valence-electron chi connectivity index (χ3n) is 8.78. The summed E-state index contributed by atoms with van der Waals surface area (Å²) >= 11 is 0. The van der Waals surface area contributed by atoms with Crippen LogP contribution in [0.4, 0.5) is 0 Å². The van der Waals surface area contributed by atoms with Crippen LogP contribution in [0.2, 0.25) is 0 Å². The molecule has 1 heterocycles. The highest BCUT2D eigenvalue weighted by Crippen LogP contribution is 2.73. The van der Waals surface area contributed by atoms with Crippen molar-refractivity contribution in [2.24, 2.45) is 10.8 Å². The lowest BCUT2D eigenvalue weighted by atomic mass is 9.62. The Kier molecular flexibility index (Phi) is 6.24. The van der Waals surface area contributed by atoms with Crippen LogP contribution >= 0.6 is 7.52 Å². The first-order valence-electron chi connectivity index (χ1n) is 13.7. The SMILES string of the molecule is CNCC1(C)CC(N2C3C=CC=CC=C3P2(=O)OCC2c3ccccc3-c3ccccc32)CC(C)(C)C1. The predicted octanol–water partition coefficient (Wildman–Crippen LogP) is 7.51. The second-order valence-corrected chi connectivity index (χ2v) is 14.8. The molecule has 5 heteroatoms. The van der Waals surface area contributed by atoms with Crippen molar-refractivity contribution in [1.82, 2.24) is 9.99 Å². The van der Waals surface area contributed by atoms with Gasteiger partial charge in [-0.2, -0.15) is 0 Å². The van der Waals surface area contributed by atoms with Crippen molar-refractivity contribution in [3.05, 3.63) is 95.4 Å². The van der Waals surface area contributed by atoms with Gasteiger partial charge < -0.3 is 9.84 Å². The Labute approximate surface area is 222 Å². The van der Waals surface area contributed by atoms with Gasteiger partial charge in [0, 0.05) is 18.5 Å². The standard InChI is InChI=1S/C32H39N2O2P/c1-31(2)18-23(19-32(3,21-31)22-33-4)34-29-16-6-5-7-17-30(29)37(34,35)36-20-28-26-14-10-8-12-24(26)25-13-9-11-15-27(25)28/h5-17,23,28-29,33H,18-22H2,1-4H3. The van der Waals surface area contributed by atoms with E-state index in [1.54, 1.807) is 0 Å². The summed E-state index contributed by atoms with van der Waals surface area (Å²) in [5.41, 5.74) is 5.41. The van der Waals surface area contributed by atoms with E-state index in [1.165, 1.54) is 22.3 Å². The van der Waals surface area contributed by atoms with E-state index in [0.29, 0.717) is 6.61 Å². The molecule has 1 saturated heterocycles. The van der Waals surface area contributed by atoms with E-state index in [4.69, 9.17) is 4.52 Å². The molecule has 2 aromatic rings. The minimum absolute atomic E-state index is 0.0433. The second-order valence-electron chi connectivity index (χ2n) is 12.5. The minimum Gasteiger partial charge on any atom is -0.319 e. The largest absolute Gasteiger partial charge is 0.319 e. The van der Waals surface area contributed by atoms with Gasteiger partial charge in [0.1, 0.15) is 0 Å². The van der Waals surface area contributed by atoms with E-state index in [1.807, 2.05) is 25.3 Å². The summed E-state index contributed by atoms with van der Waals surface area (Å²) in [6.45, 7) is 8.50. The van der Waals surface area contributed by atoms with E-state index >= 15 is 0 Å². The van der Waals surface area contributed by atoms with Crippen molar-refractivity contribution < 1.29 is 9.09 Å². The van der Waals surface area contributed by atoms with Gasteiger partial charge in [-0.3, -0.25) is 4.57 Å². The van der Waals surface area contributed by atoms with Gasteiger partial charge >= 0.3 is 7.52 Å². The minimum atomic E-state index is -3.17. The van der Waals surface area contributed by atoms with Crippen LogP contribution in [0, 0.1) is 10.8 Å². The fourth-order valence-electron chi connectivity index (χ4n) is 7.84. The third-order valence-corrected chi connectivity index (χ3v) is 11.5. The number of allylic oxidation sites excluding steroid dienone is 4. The normalized spacial score (nSPS) is 32.2. The first-order chi connectivity index (χ1) is 17.7. The van der Waals surface area contributed by atoms with Crippen LogP contribution in [0.1, 0.15) is 57.1 Å². The lowest BCUT2D eigenvalue weighted by Crippen LogP contribution is -2.56. The molecule has 4 nitrogen and oxygen atoms in total. The monoisotopic (exact) mass is 514 g/mol. The van der Waals surface area contributed by atoms with Crippen molar-refractivity contribution >= 4 is 7.52 Å². The maximum atomic E-state index is 14.9. The summed E-state index contributed by atoms with van der Waals surface area (Å²) < 4.78 is 23.9. The molecule has 1 aliphatic heterocycles. The van der Waals surface area contributed by atoms with E-state index in [9.17, 15) is 4.57 Å². The maximum Gasteiger partial charge on any atom is 0.301 e. The lowest BCUT2D eigenvalue weighted by molar-refractivity contribution is 0.0293. The quantitative estimate of drug-likeness (QED) is 0.405. The molecule has 4 atom stereocenters. The van der Waals surface area contributed by atoms with Crippen molar-refractivity contribution in [1.29, 1.82) is 0 Å². The Morgan fingerprint density at radius 3 is 2.32 bits per heavy atom. The number of hydrogen-bond donors (Lipinski definition) is 1. The Hall–Kier alpha value is -2.23. The van der Waals surface area contributed by atoms with Gasteiger partial charge in [-0.15, -0.1) is 0 Å². The average Bonchev–Trinajstić information content (AvgIpc) is 2.99. The van der Waals surface area contributed by atoms with Crippen LogP contribution in [-0.2, 0) is 9.09 Å². The molecular formula is C32H39N2O2P. The smallest absolute Gasteiger partial charge is 0.301 e. The van der Waals surface area contributed by atoms with Crippen molar-refractivity contribution in [3.63, 3.8) is 0 Å². The second kappa shape index (κ2) is 9.20. The zero-order chi connectivity index (χ0) is 25.8. The van der Waals surface area contributed by atoms with Crippen LogP contribution in [0.3, 0.4) is 0 Å². The van der Waals surface area contributed by atoms with Crippen molar-refractivity contribution in [2.45, 2.75) is 58.0 Å². The third kappa shape index (κ3) is 4.23. The van der Waals surface area contributed by atoms with Gasteiger partial charge in [0.05, 0.1) is 18.0 Å². The summed E-state index contributed by atoms with van der Waals surface area (Å²) in [5, 5.41) is 4.37. The first-order valence-corrected chi connectivity index (χ1v) is 15.2. The van der Waals surface area contributed by atoms with Gasteiger partial charge in [0.15, 0.2) is 0 Å². The van der Waals surface area contributed by atoms with Gasteiger partial charge in [-0.05, 0) is 59.4 Å². The maximum absolute atomic E-state index is 14.9. The molecule has 0 radical (unpaired) electrons. The number of nitrogens with zero attached hydrogens (tertiary/aromatic N) is 1. The highest BCUT2D eigenvalue weighted by Gasteiger charge is 2.59. The average molecular weight is 515 g/mol. The summed E-state index contributed by atoms with van der Waals surface area (Å²) in [6.07, 6.45) is 13.6. The molecule has 0 bridgehead atoms. The molecule has 37 heavy (non-hydrogen) atoms. The summed E-state index contributed by atoms with van der Waals surface area (Å²) in [4.78, 5) is 0. The fourth-order valence-corrected chi connectivity index (χ4v) is 10.5. The lowest BCUT2D eigenvalue weighted by Gasteiger charge is -2.57. The van der Waals surface area contributed by atoms with Gasteiger partial charge in [0.25, 0.3) is 0 Å². The summed E-state index contributed by atoms with van der Waals surface area (Å²) in [6, 6.07) is 17.4. The Morgan fingerprint density at radius 1 is 0.973 bits per heavy atom. The van der Waals surface area contributed by atoms with Gasteiger partial charge in [-0.25, -0.2) is 4.67 Å². The Bertz CT molecular complexity index is 1300. The molecule has 4 unspecified atom stereocenters. The molecule has 3 aliphatic carbocycles. The molecular weight excluding hydrogens is 475 g/mol. The topological polar surface area (TPSA) is 41.6 Å². The molecule has 194 valence electrons. The number of nitrogens with one attached hydrogen (secondary N) is 1. The molecule has 6 rings (SSSR count). The molecule has 2 aromatic carbocycles. The van der Waals surface area contributed by atoms with Crippen LogP contribution in [0.25, 0.3) is 11.1 Å². The van der Waals surface area contributed by atoms with E-state index < -0.39 is 7.52 Å². The molecule has 0 aromatic heterocycles. The van der Waals surface area contributed by atoms with Gasteiger partial charge in [-0.1, -0.05) is 99.7 Å². The number of benzene rings is 2. The van der Waals surface area contributed by atoms with Gasteiger partial charge in [0.2, 0.25) is 0 Å². The highest BCUT2D eigenvalue weighted by molar-refractivity contribution is 7.63.